The zero-order chi connectivity index (χ0) is 8.91. The first-order valence-corrected chi connectivity index (χ1v) is 8.08. The van der Waals surface area contributed by atoms with Gasteiger partial charge < -0.3 is 4.52 Å². The lowest BCUT2D eigenvalue weighted by molar-refractivity contribution is 0.414. The van der Waals surface area contributed by atoms with Crippen molar-refractivity contribution in [1.29, 1.82) is 0 Å². The minimum absolute atomic E-state index is 0.597. The second kappa shape index (κ2) is 5.52. The van der Waals surface area contributed by atoms with Crippen LogP contribution in [0.25, 0.3) is 0 Å². The number of thioether (sulfide) groups is 1. The summed E-state index contributed by atoms with van der Waals surface area (Å²) < 4.78 is 16.1. The van der Waals surface area contributed by atoms with E-state index in [9.17, 15) is 4.57 Å². The first-order valence-electron chi connectivity index (χ1n) is 3.37. The van der Waals surface area contributed by atoms with Gasteiger partial charge in [0.2, 0.25) is 0 Å². The second-order valence-electron chi connectivity index (χ2n) is 2.42. The average molecular weight is 214 g/mol. The van der Waals surface area contributed by atoms with E-state index in [1.807, 2.05) is 0 Å². The van der Waals surface area contributed by atoms with Crippen LogP contribution in [0.15, 0.2) is 0 Å². The Kier molecular flexibility index (Phi) is 5.97. The van der Waals surface area contributed by atoms with Gasteiger partial charge >= 0.3 is 0 Å². The Morgan fingerprint density at radius 1 is 1.55 bits per heavy atom. The Labute approximate surface area is 77.0 Å². The van der Waals surface area contributed by atoms with Crippen molar-refractivity contribution in [2.24, 2.45) is 0 Å². The quantitative estimate of drug-likeness (QED) is 0.518. The molecule has 68 valence electrons. The molecule has 0 aromatic rings. The molecular formula is C6H15O2PS2. The van der Waals surface area contributed by atoms with Gasteiger partial charge in [0.25, 0.3) is 6.57 Å². The van der Waals surface area contributed by atoms with Gasteiger partial charge in [-0.2, -0.15) is 0 Å². The van der Waals surface area contributed by atoms with E-state index in [2.05, 4.69) is 13.8 Å². The summed E-state index contributed by atoms with van der Waals surface area (Å²) in [6, 6.07) is 0. The number of hydrogen-bond donors (Lipinski definition) is 0. The highest BCUT2D eigenvalue weighted by Crippen LogP contribution is 2.56. The summed E-state index contributed by atoms with van der Waals surface area (Å²) >= 11 is 3.19. The molecule has 1 atom stereocenters. The second-order valence-corrected chi connectivity index (χ2v) is 9.57. The fourth-order valence-electron chi connectivity index (χ4n) is 0.315. The van der Waals surface area contributed by atoms with E-state index >= 15 is 0 Å². The van der Waals surface area contributed by atoms with Crippen LogP contribution in [0.5, 0.6) is 0 Å². The molecule has 0 heterocycles. The maximum absolute atomic E-state index is 11.3. The molecule has 5 heteroatoms. The van der Waals surface area contributed by atoms with Gasteiger partial charge in [-0.1, -0.05) is 25.2 Å². The van der Waals surface area contributed by atoms with Gasteiger partial charge in [0.05, 0.1) is 0 Å². The summed E-state index contributed by atoms with van der Waals surface area (Å²) in [5.41, 5.74) is 0. The summed E-state index contributed by atoms with van der Waals surface area (Å²) in [7, 11) is 1.49. The highest BCUT2D eigenvalue weighted by atomic mass is 32.7. The van der Waals surface area contributed by atoms with Crippen molar-refractivity contribution in [3.8, 4) is 0 Å². The average Bonchev–Trinajstić information content (AvgIpc) is 1.87. The third-order valence-corrected chi connectivity index (χ3v) is 6.59. The van der Waals surface area contributed by atoms with Crippen LogP contribution in [0.3, 0.4) is 0 Å². The van der Waals surface area contributed by atoms with Gasteiger partial charge in [0, 0.05) is 18.9 Å². The lowest BCUT2D eigenvalue weighted by Crippen LogP contribution is -1.86. The maximum atomic E-state index is 11.3. The van der Waals surface area contributed by atoms with E-state index in [4.69, 9.17) is 4.52 Å². The molecule has 2 nitrogen and oxygen atoms in total. The van der Waals surface area contributed by atoms with Gasteiger partial charge in [0.1, 0.15) is 0 Å². The van der Waals surface area contributed by atoms with E-state index in [1.54, 1.807) is 18.4 Å². The highest BCUT2D eigenvalue weighted by Gasteiger charge is 2.13. The first-order chi connectivity index (χ1) is 4.98. The summed E-state index contributed by atoms with van der Waals surface area (Å²) in [6.45, 7) is 3.56. The van der Waals surface area contributed by atoms with Gasteiger partial charge in [-0.05, 0) is 5.25 Å². The molecule has 1 unspecified atom stereocenters. The molecule has 0 spiro atoms. The van der Waals surface area contributed by atoms with Crippen LogP contribution in [0.2, 0.25) is 0 Å². The normalized spacial score (nSPS) is 16.8. The molecular weight excluding hydrogens is 199 g/mol. The van der Waals surface area contributed by atoms with Crippen molar-refractivity contribution in [1.82, 2.24) is 0 Å². The van der Waals surface area contributed by atoms with Crippen LogP contribution in [0.4, 0.5) is 0 Å². The van der Waals surface area contributed by atoms with Crippen molar-refractivity contribution < 1.29 is 9.09 Å². The standard InChI is InChI=1S/C6H15O2PS2/c1-6(2)10-5-11-9(4,7)8-3/h6H,5H2,1-4H3. The largest absolute Gasteiger partial charge is 0.325 e. The van der Waals surface area contributed by atoms with E-state index in [1.165, 1.54) is 18.5 Å². The van der Waals surface area contributed by atoms with Crippen molar-refractivity contribution >= 4 is 29.7 Å². The van der Waals surface area contributed by atoms with Crippen molar-refractivity contribution in [2.75, 3.05) is 18.9 Å². The van der Waals surface area contributed by atoms with Crippen LogP contribution < -0.4 is 0 Å². The molecule has 11 heavy (non-hydrogen) atoms. The molecule has 0 N–H and O–H groups in total. The summed E-state index contributed by atoms with van der Waals surface area (Å²) in [5.74, 6) is 0. The van der Waals surface area contributed by atoms with Gasteiger partial charge in [-0.25, -0.2) is 0 Å². The van der Waals surface area contributed by atoms with Gasteiger partial charge in [-0.3, -0.25) is 4.57 Å². The Morgan fingerprint density at radius 2 is 2.09 bits per heavy atom. The van der Waals surface area contributed by atoms with Crippen LogP contribution in [0.1, 0.15) is 13.8 Å². The number of hydrogen-bond acceptors (Lipinski definition) is 4. The monoisotopic (exact) mass is 214 g/mol. The molecule has 0 radical (unpaired) electrons. The summed E-state index contributed by atoms with van der Waals surface area (Å²) in [4.78, 5) is 0. The third-order valence-electron chi connectivity index (χ3n) is 1.02. The zero-order valence-corrected chi connectivity index (χ0v) is 9.89. The predicted octanol–water partition coefficient (Wildman–Crippen LogP) is 3.29. The third kappa shape index (κ3) is 7.26. The van der Waals surface area contributed by atoms with E-state index < -0.39 is 6.57 Å². The summed E-state index contributed by atoms with van der Waals surface area (Å²) in [6.07, 6.45) is 0. The first kappa shape index (κ1) is 11.9. The SMILES string of the molecule is COP(C)(=O)SCSC(C)C. The fraction of sp³-hybridized carbons (Fsp3) is 1.00. The van der Waals surface area contributed by atoms with Gasteiger partial charge in [0.15, 0.2) is 0 Å². The Hall–Kier alpha value is 0.890. The molecule has 0 aromatic heterocycles. The minimum Gasteiger partial charge on any atom is -0.325 e. The maximum Gasteiger partial charge on any atom is 0.255 e. The Bertz CT molecular complexity index is 150. The molecule has 0 aromatic carbocycles. The van der Waals surface area contributed by atoms with Crippen molar-refractivity contribution in [3.05, 3.63) is 0 Å². The Balaban J connectivity index is 3.46. The van der Waals surface area contributed by atoms with Gasteiger partial charge in [-0.15, -0.1) is 11.8 Å². The molecule has 0 aliphatic carbocycles. The molecule has 0 aliphatic rings. The number of rotatable bonds is 5. The predicted molar refractivity (Wildman–Crippen MR) is 55.7 cm³/mol. The molecule has 0 saturated carbocycles. The molecule has 0 saturated heterocycles. The highest BCUT2D eigenvalue weighted by molar-refractivity contribution is 8.58. The molecule has 0 fully saturated rings. The van der Waals surface area contributed by atoms with E-state index in [0.717, 1.165) is 5.08 Å². The molecule has 0 aliphatic heterocycles. The lowest BCUT2D eigenvalue weighted by Gasteiger charge is -2.09. The Morgan fingerprint density at radius 3 is 2.45 bits per heavy atom. The van der Waals surface area contributed by atoms with E-state index in [-0.39, 0.29) is 0 Å². The van der Waals surface area contributed by atoms with E-state index in [0.29, 0.717) is 5.25 Å². The van der Waals surface area contributed by atoms with Crippen LogP contribution >= 0.6 is 29.7 Å². The minimum atomic E-state index is -2.33. The van der Waals surface area contributed by atoms with Crippen molar-refractivity contribution in [3.63, 3.8) is 0 Å². The van der Waals surface area contributed by atoms with Crippen LogP contribution in [-0.4, -0.2) is 24.1 Å². The molecule has 0 bridgehead atoms. The summed E-state index contributed by atoms with van der Waals surface area (Å²) in [5, 5.41) is 1.44. The fourth-order valence-corrected chi connectivity index (χ4v) is 5.11. The molecule has 0 rings (SSSR count). The molecule has 0 amide bonds. The smallest absolute Gasteiger partial charge is 0.255 e. The van der Waals surface area contributed by atoms with Crippen LogP contribution in [0, 0.1) is 0 Å². The zero-order valence-electron chi connectivity index (χ0n) is 7.36. The topological polar surface area (TPSA) is 26.3 Å². The van der Waals surface area contributed by atoms with Crippen molar-refractivity contribution in [2.45, 2.75) is 19.1 Å². The lowest BCUT2D eigenvalue weighted by atomic mass is 10.6. The van der Waals surface area contributed by atoms with Crippen LogP contribution in [-0.2, 0) is 9.09 Å².